The highest BCUT2D eigenvalue weighted by Gasteiger charge is 2.50. The van der Waals surface area contributed by atoms with Crippen LogP contribution in [0.3, 0.4) is 0 Å². The van der Waals surface area contributed by atoms with Gasteiger partial charge in [0.1, 0.15) is 0 Å². The highest BCUT2D eigenvalue weighted by molar-refractivity contribution is 5.21. The smallest absolute Gasteiger partial charge is 0.0311 e. The molecule has 4 rings (SSSR count). The molecule has 0 aromatic heterocycles. The molecule has 0 atom stereocenters. The van der Waals surface area contributed by atoms with Gasteiger partial charge in [-0.1, -0.05) is 12.2 Å². The minimum atomic E-state index is -0.181. The predicted molar refractivity (Wildman–Crippen MR) is 67.9 cm³/mol. The Labute approximate surface area is 99.5 Å². The largest absolute Gasteiger partial charge is 0.322 e. The van der Waals surface area contributed by atoms with Crippen molar-refractivity contribution in [3.05, 3.63) is 12.2 Å². The van der Waals surface area contributed by atoms with Crippen LogP contribution >= 0.6 is 0 Å². The first-order valence-electron chi connectivity index (χ1n) is 6.93. The Morgan fingerprint density at radius 2 is 1.44 bits per heavy atom. The van der Waals surface area contributed by atoms with Crippen molar-refractivity contribution in [1.29, 1.82) is 0 Å². The van der Waals surface area contributed by atoms with E-state index in [1.165, 1.54) is 37.7 Å². The van der Waals surface area contributed by atoms with Gasteiger partial charge < -0.3 is 5.73 Å². The quantitative estimate of drug-likeness (QED) is 0.708. The second kappa shape index (κ2) is 3.35. The molecule has 0 radical (unpaired) electrons. The van der Waals surface area contributed by atoms with Crippen molar-refractivity contribution in [3.63, 3.8) is 0 Å². The fourth-order valence-electron chi connectivity index (χ4n) is 4.92. The first-order valence-corrected chi connectivity index (χ1v) is 6.93. The molecular weight excluding hydrogens is 194 g/mol. The average Bonchev–Trinajstić information content (AvgIpc) is 2.13. The van der Waals surface area contributed by atoms with Gasteiger partial charge in [-0.2, -0.15) is 0 Å². The molecule has 2 N–H and O–H groups in total. The van der Waals surface area contributed by atoms with Crippen molar-refractivity contribution >= 4 is 0 Å². The molecule has 4 bridgehead atoms. The predicted octanol–water partition coefficient (Wildman–Crippen LogP) is 3.35. The summed E-state index contributed by atoms with van der Waals surface area (Å²) in [5.41, 5.74) is 7.41. The van der Waals surface area contributed by atoms with E-state index in [0.717, 1.165) is 29.6 Å². The van der Waals surface area contributed by atoms with Crippen LogP contribution in [0.1, 0.15) is 46.0 Å². The van der Waals surface area contributed by atoms with E-state index in [9.17, 15) is 0 Å². The fourth-order valence-corrected chi connectivity index (χ4v) is 4.92. The van der Waals surface area contributed by atoms with Gasteiger partial charge in [0.05, 0.1) is 0 Å². The first-order chi connectivity index (χ1) is 7.45. The van der Waals surface area contributed by atoms with Crippen LogP contribution < -0.4 is 5.73 Å². The van der Waals surface area contributed by atoms with Gasteiger partial charge in [-0.25, -0.2) is 0 Å². The van der Waals surface area contributed by atoms with Crippen molar-refractivity contribution in [2.75, 3.05) is 0 Å². The van der Waals surface area contributed by atoms with E-state index >= 15 is 0 Å². The molecule has 4 saturated carbocycles. The van der Waals surface area contributed by atoms with Crippen LogP contribution in [-0.2, 0) is 0 Å². The Morgan fingerprint density at radius 1 is 1.00 bits per heavy atom. The topological polar surface area (TPSA) is 26.0 Å². The molecule has 0 amide bonds. The molecule has 0 spiro atoms. The highest BCUT2D eigenvalue weighted by atomic mass is 14.7. The second-order valence-electron chi connectivity index (χ2n) is 7.20. The maximum Gasteiger partial charge on any atom is 0.0311 e. The van der Waals surface area contributed by atoms with E-state index in [1.807, 2.05) is 0 Å². The summed E-state index contributed by atoms with van der Waals surface area (Å²) in [4.78, 5) is 0. The molecule has 0 aromatic rings. The third-order valence-electron chi connectivity index (χ3n) is 5.46. The minimum Gasteiger partial charge on any atom is -0.322 e. The van der Waals surface area contributed by atoms with Gasteiger partial charge in [-0.15, -0.1) is 0 Å². The van der Waals surface area contributed by atoms with E-state index in [2.05, 4.69) is 20.4 Å². The minimum absolute atomic E-state index is 0.181. The summed E-state index contributed by atoms with van der Waals surface area (Å²) >= 11 is 0. The van der Waals surface area contributed by atoms with E-state index < -0.39 is 0 Å². The zero-order chi connectivity index (χ0) is 11.5. The molecule has 16 heavy (non-hydrogen) atoms. The van der Waals surface area contributed by atoms with Crippen molar-refractivity contribution in [2.45, 2.75) is 51.5 Å². The molecule has 4 fully saturated rings. The van der Waals surface area contributed by atoms with Gasteiger partial charge in [-0.3, -0.25) is 0 Å². The maximum atomic E-state index is 6.26. The van der Waals surface area contributed by atoms with Gasteiger partial charge in [-0.05, 0) is 75.5 Å². The standard InChI is InChI=1S/C15H25N/c1-9(15(2,3)16)14-12-5-10-4-11(7-12)8-13(14)6-10/h10-14H,1,4-8,16H2,2-3H3. The van der Waals surface area contributed by atoms with Gasteiger partial charge in [0.2, 0.25) is 0 Å². The summed E-state index contributed by atoms with van der Waals surface area (Å²) < 4.78 is 0. The Bertz CT molecular complexity index is 282. The molecule has 1 nitrogen and oxygen atoms in total. The Hall–Kier alpha value is -0.300. The molecule has 0 aromatic carbocycles. The van der Waals surface area contributed by atoms with Crippen LogP contribution in [0, 0.1) is 29.6 Å². The third-order valence-corrected chi connectivity index (χ3v) is 5.46. The third kappa shape index (κ3) is 1.55. The van der Waals surface area contributed by atoms with Gasteiger partial charge in [0.15, 0.2) is 0 Å². The molecule has 4 aliphatic carbocycles. The van der Waals surface area contributed by atoms with Gasteiger partial charge in [0.25, 0.3) is 0 Å². The molecule has 0 heterocycles. The normalized spacial score (nSPS) is 46.1. The molecule has 90 valence electrons. The van der Waals surface area contributed by atoms with Crippen LogP contribution in [0.5, 0.6) is 0 Å². The van der Waals surface area contributed by atoms with E-state index in [1.54, 1.807) is 0 Å². The van der Waals surface area contributed by atoms with E-state index in [0.29, 0.717) is 0 Å². The lowest BCUT2D eigenvalue weighted by Crippen LogP contribution is -2.50. The number of hydrogen-bond acceptors (Lipinski definition) is 1. The lowest BCUT2D eigenvalue weighted by molar-refractivity contribution is -0.0243. The summed E-state index contributed by atoms with van der Waals surface area (Å²) in [6, 6.07) is 0. The number of nitrogens with two attached hydrogens (primary N) is 1. The SMILES string of the molecule is C=C(C1C2CC3CC(C2)CC1C3)C(C)(C)N. The van der Waals surface area contributed by atoms with Crippen molar-refractivity contribution in [2.24, 2.45) is 35.3 Å². The Balaban J connectivity index is 1.84. The summed E-state index contributed by atoms with van der Waals surface area (Å²) in [6.45, 7) is 8.60. The number of rotatable bonds is 2. The van der Waals surface area contributed by atoms with Crippen LogP contribution in [0.2, 0.25) is 0 Å². The van der Waals surface area contributed by atoms with Gasteiger partial charge in [0, 0.05) is 5.54 Å². The second-order valence-corrected chi connectivity index (χ2v) is 7.20. The molecule has 1 heteroatoms. The van der Waals surface area contributed by atoms with Crippen LogP contribution in [0.15, 0.2) is 12.2 Å². The molecule has 0 saturated heterocycles. The van der Waals surface area contributed by atoms with E-state index in [-0.39, 0.29) is 5.54 Å². The molecule has 0 unspecified atom stereocenters. The van der Waals surface area contributed by atoms with E-state index in [4.69, 9.17) is 5.73 Å². The molecule has 4 aliphatic rings. The first kappa shape index (κ1) is 10.8. The van der Waals surface area contributed by atoms with Crippen molar-refractivity contribution < 1.29 is 0 Å². The van der Waals surface area contributed by atoms with Crippen molar-refractivity contribution in [1.82, 2.24) is 0 Å². The zero-order valence-electron chi connectivity index (χ0n) is 10.7. The number of hydrogen-bond donors (Lipinski definition) is 1. The Morgan fingerprint density at radius 3 is 1.81 bits per heavy atom. The highest BCUT2D eigenvalue weighted by Crippen LogP contribution is 2.58. The Kier molecular flexibility index (Phi) is 2.27. The molecule has 0 aliphatic heterocycles. The summed E-state index contributed by atoms with van der Waals surface area (Å²) in [6.07, 6.45) is 7.39. The summed E-state index contributed by atoms with van der Waals surface area (Å²) in [5, 5.41) is 0. The monoisotopic (exact) mass is 219 g/mol. The molecular formula is C15H25N. The van der Waals surface area contributed by atoms with Crippen LogP contribution in [0.25, 0.3) is 0 Å². The fraction of sp³-hybridized carbons (Fsp3) is 0.867. The van der Waals surface area contributed by atoms with Crippen LogP contribution in [-0.4, -0.2) is 5.54 Å². The lowest BCUT2D eigenvalue weighted by Gasteiger charge is -2.56. The average molecular weight is 219 g/mol. The summed E-state index contributed by atoms with van der Waals surface area (Å²) in [5.74, 6) is 4.69. The van der Waals surface area contributed by atoms with Crippen LogP contribution in [0.4, 0.5) is 0 Å². The maximum absolute atomic E-state index is 6.26. The zero-order valence-corrected chi connectivity index (χ0v) is 10.7. The van der Waals surface area contributed by atoms with Gasteiger partial charge >= 0.3 is 0 Å². The lowest BCUT2D eigenvalue weighted by atomic mass is 9.49. The summed E-state index contributed by atoms with van der Waals surface area (Å²) in [7, 11) is 0. The van der Waals surface area contributed by atoms with Crippen molar-refractivity contribution in [3.8, 4) is 0 Å².